The van der Waals surface area contributed by atoms with E-state index in [1.807, 2.05) is 4.72 Å². The molecule has 0 bridgehead atoms. The van der Waals surface area contributed by atoms with E-state index in [1.54, 1.807) is 30.3 Å². The van der Waals surface area contributed by atoms with Gasteiger partial charge in [-0.2, -0.15) is 8.42 Å². The Hall–Kier alpha value is -1.07. The summed E-state index contributed by atoms with van der Waals surface area (Å²) >= 11 is 0. The van der Waals surface area contributed by atoms with Gasteiger partial charge in [0.05, 0.1) is 0 Å². The lowest BCUT2D eigenvalue weighted by atomic mass is 10.3. The van der Waals surface area contributed by atoms with E-state index in [1.165, 1.54) is 0 Å². The molecule has 0 unspecified atom stereocenters. The molecule has 0 heterocycles. The van der Waals surface area contributed by atoms with Gasteiger partial charge in [0.2, 0.25) is 0 Å². The molecule has 0 aliphatic heterocycles. The maximum atomic E-state index is 10.4. The van der Waals surface area contributed by atoms with E-state index in [9.17, 15) is 8.42 Å². The molecule has 0 aromatic heterocycles. The second-order valence-electron chi connectivity index (χ2n) is 1.97. The highest BCUT2D eigenvalue weighted by molar-refractivity contribution is 7.90. The van der Waals surface area contributed by atoms with Crippen LogP contribution in [0.1, 0.15) is 0 Å². The molecule has 1 aromatic rings. The van der Waals surface area contributed by atoms with Gasteiger partial charge in [0, 0.05) is 5.69 Å². The molecule has 2 N–H and O–H groups in total. The number of para-hydroxylation sites is 1. The SMILES string of the molecule is [NH]S(=O)(=O)Nc1ccccc1. The highest BCUT2D eigenvalue weighted by atomic mass is 32.2. The standard InChI is InChI=1S/C6H7N2O2S/c7-11(9,10)8-6-4-2-1-3-5-6/h1-5,7-8H. The average Bonchev–Trinajstić information content (AvgIpc) is 1.85. The van der Waals surface area contributed by atoms with Crippen LogP contribution in [0, 0.1) is 0 Å². The second kappa shape index (κ2) is 2.89. The zero-order chi connectivity index (χ0) is 8.32. The zero-order valence-corrected chi connectivity index (χ0v) is 6.43. The predicted molar refractivity (Wildman–Crippen MR) is 42.1 cm³/mol. The van der Waals surface area contributed by atoms with Gasteiger partial charge >= 0.3 is 10.2 Å². The van der Waals surface area contributed by atoms with Crippen molar-refractivity contribution >= 4 is 15.9 Å². The van der Waals surface area contributed by atoms with Gasteiger partial charge in [0.25, 0.3) is 0 Å². The van der Waals surface area contributed by atoms with E-state index in [0.29, 0.717) is 5.69 Å². The quantitative estimate of drug-likeness (QED) is 0.708. The molecule has 1 aromatic carbocycles. The molecule has 4 nitrogen and oxygen atoms in total. The van der Waals surface area contributed by atoms with Crippen LogP contribution in [0.5, 0.6) is 0 Å². The van der Waals surface area contributed by atoms with Crippen LogP contribution >= 0.6 is 0 Å². The van der Waals surface area contributed by atoms with E-state index in [-0.39, 0.29) is 0 Å². The van der Waals surface area contributed by atoms with Crippen LogP contribution in [0.25, 0.3) is 0 Å². The van der Waals surface area contributed by atoms with Crippen LogP contribution in [0.2, 0.25) is 0 Å². The van der Waals surface area contributed by atoms with Crippen molar-refractivity contribution in [3.63, 3.8) is 0 Å². The van der Waals surface area contributed by atoms with Crippen molar-refractivity contribution in [2.75, 3.05) is 4.72 Å². The van der Waals surface area contributed by atoms with Crippen molar-refractivity contribution in [1.82, 2.24) is 5.14 Å². The number of hydrogen-bond acceptors (Lipinski definition) is 2. The van der Waals surface area contributed by atoms with Crippen LogP contribution in [0.4, 0.5) is 5.69 Å². The van der Waals surface area contributed by atoms with Gasteiger partial charge in [0.15, 0.2) is 0 Å². The minimum atomic E-state index is -3.88. The molecule has 1 rings (SSSR count). The highest BCUT2D eigenvalue weighted by Gasteiger charge is 2.00. The Labute approximate surface area is 65.2 Å². The average molecular weight is 171 g/mol. The molecule has 5 heteroatoms. The lowest BCUT2D eigenvalue weighted by molar-refractivity contribution is 0.601. The second-order valence-corrected chi connectivity index (χ2v) is 3.18. The summed E-state index contributed by atoms with van der Waals surface area (Å²) in [6, 6.07) is 8.29. The third-order valence-electron chi connectivity index (χ3n) is 1.03. The molecule has 0 saturated carbocycles. The third-order valence-corrected chi connectivity index (χ3v) is 1.53. The number of benzene rings is 1. The molecule has 59 valence electrons. The Morgan fingerprint density at radius 3 is 2.18 bits per heavy atom. The predicted octanol–water partition coefficient (Wildman–Crippen LogP) is 0.626. The van der Waals surface area contributed by atoms with Crippen LogP contribution in [-0.2, 0) is 10.2 Å². The summed E-state index contributed by atoms with van der Waals surface area (Å²) in [5.74, 6) is 0. The minimum absolute atomic E-state index is 0.405. The first-order valence-corrected chi connectivity index (χ1v) is 4.39. The molecule has 0 aliphatic rings. The Balaban J connectivity index is 2.82. The molecule has 0 aliphatic carbocycles. The van der Waals surface area contributed by atoms with E-state index in [0.717, 1.165) is 0 Å². The van der Waals surface area contributed by atoms with E-state index in [2.05, 4.69) is 0 Å². The Bertz CT molecular complexity index is 320. The summed E-state index contributed by atoms with van der Waals surface area (Å²) in [6.45, 7) is 0. The Morgan fingerprint density at radius 2 is 1.73 bits per heavy atom. The van der Waals surface area contributed by atoms with Gasteiger partial charge < -0.3 is 0 Å². The number of hydrogen-bond donors (Lipinski definition) is 1. The summed E-state index contributed by atoms with van der Waals surface area (Å²) in [5, 5.41) is 6.53. The molecular formula is C6H7N2O2S. The fourth-order valence-electron chi connectivity index (χ4n) is 0.661. The van der Waals surface area contributed by atoms with Crippen molar-refractivity contribution in [2.24, 2.45) is 0 Å². The maximum Gasteiger partial charge on any atom is 0.312 e. The first-order chi connectivity index (χ1) is 5.08. The van der Waals surface area contributed by atoms with Crippen molar-refractivity contribution < 1.29 is 8.42 Å². The van der Waals surface area contributed by atoms with Crippen molar-refractivity contribution in [2.45, 2.75) is 0 Å². The van der Waals surface area contributed by atoms with Gasteiger partial charge in [0.1, 0.15) is 0 Å². The number of nitrogens with one attached hydrogen (secondary N) is 2. The maximum absolute atomic E-state index is 10.4. The number of rotatable bonds is 2. The van der Waals surface area contributed by atoms with Gasteiger partial charge in [-0.15, -0.1) is 5.14 Å². The van der Waals surface area contributed by atoms with E-state index >= 15 is 0 Å². The normalized spacial score (nSPS) is 11.0. The molecule has 0 spiro atoms. The summed E-state index contributed by atoms with van der Waals surface area (Å²) in [4.78, 5) is 0. The minimum Gasteiger partial charge on any atom is -0.270 e. The first-order valence-electron chi connectivity index (χ1n) is 2.90. The van der Waals surface area contributed by atoms with Gasteiger partial charge in [-0.3, -0.25) is 4.72 Å². The van der Waals surface area contributed by atoms with Gasteiger partial charge in [-0.25, -0.2) is 0 Å². The Morgan fingerprint density at radius 1 is 1.18 bits per heavy atom. The van der Waals surface area contributed by atoms with Crippen LogP contribution < -0.4 is 9.86 Å². The molecule has 11 heavy (non-hydrogen) atoms. The van der Waals surface area contributed by atoms with Crippen molar-refractivity contribution in [3.05, 3.63) is 30.3 Å². The third kappa shape index (κ3) is 3.01. The summed E-state index contributed by atoms with van der Waals surface area (Å²) in [6.07, 6.45) is 0. The van der Waals surface area contributed by atoms with Gasteiger partial charge in [-0.05, 0) is 12.1 Å². The monoisotopic (exact) mass is 171 g/mol. The van der Waals surface area contributed by atoms with Crippen molar-refractivity contribution in [1.29, 1.82) is 0 Å². The fraction of sp³-hybridized carbons (Fsp3) is 0. The zero-order valence-electron chi connectivity index (χ0n) is 5.61. The Kier molecular flexibility index (Phi) is 2.11. The smallest absolute Gasteiger partial charge is 0.270 e. The summed E-state index contributed by atoms with van der Waals surface area (Å²) in [7, 11) is -3.88. The van der Waals surface area contributed by atoms with E-state index < -0.39 is 10.2 Å². The summed E-state index contributed by atoms with van der Waals surface area (Å²) in [5.41, 5.74) is 0.405. The molecule has 0 atom stereocenters. The molecule has 0 saturated heterocycles. The van der Waals surface area contributed by atoms with Crippen molar-refractivity contribution in [3.8, 4) is 0 Å². The van der Waals surface area contributed by atoms with Crippen LogP contribution in [0.3, 0.4) is 0 Å². The lowest BCUT2D eigenvalue weighted by Gasteiger charge is -1.99. The fourth-order valence-corrected chi connectivity index (χ4v) is 1.11. The van der Waals surface area contributed by atoms with Crippen LogP contribution in [-0.4, -0.2) is 8.42 Å². The molecule has 0 fully saturated rings. The van der Waals surface area contributed by atoms with Gasteiger partial charge in [-0.1, -0.05) is 18.2 Å². The van der Waals surface area contributed by atoms with Crippen LogP contribution in [0.15, 0.2) is 30.3 Å². The first kappa shape index (κ1) is 8.03. The molecular weight excluding hydrogens is 164 g/mol. The summed E-state index contributed by atoms with van der Waals surface area (Å²) < 4.78 is 22.7. The lowest BCUT2D eigenvalue weighted by Crippen LogP contribution is -2.11. The molecule has 0 amide bonds. The largest absolute Gasteiger partial charge is 0.312 e. The number of anilines is 1. The van der Waals surface area contributed by atoms with E-state index in [4.69, 9.17) is 5.14 Å². The highest BCUT2D eigenvalue weighted by Crippen LogP contribution is 2.05. The molecule has 1 radical (unpaired) electrons. The topological polar surface area (TPSA) is 70.0 Å².